The summed E-state index contributed by atoms with van der Waals surface area (Å²) in [5, 5.41) is 0. The number of fused-ring (bicyclic) bond motifs is 1. The molecule has 166 valence electrons. The Morgan fingerprint density at radius 3 is 2.33 bits per heavy atom. The molecule has 0 spiro atoms. The highest BCUT2D eigenvalue weighted by Crippen LogP contribution is 2.26. The summed E-state index contributed by atoms with van der Waals surface area (Å²) in [5.74, 6) is -0.459. The van der Waals surface area contributed by atoms with E-state index < -0.39 is 12.0 Å². The molecule has 33 heavy (non-hydrogen) atoms. The molecule has 0 aliphatic carbocycles. The van der Waals surface area contributed by atoms with E-state index >= 15 is 0 Å². The second-order valence-corrected chi connectivity index (χ2v) is 8.42. The second-order valence-electron chi connectivity index (χ2n) is 7.41. The molecule has 5 nitrogen and oxygen atoms in total. The fourth-order valence-electron chi connectivity index (χ4n) is 3.61. The van der Waals surface area contributed by atoms with Gasteiger partial charge in [-0.05, 0) is 31.1 Å². The van der Waals surface area contributed by atoms with E-state index in [9.17, 15) is 9.59 Å². The molecule has 0 saturated heterocycles. The third-order valence-corrected chi connectivity index (χ3v) is 6.17. The van der Waals surface area contributed by atoms with Crippen molar-refractivity contribution >= 4 is 35.5 Å². The summed E-state index contributed by atoms with van der Waals surface area (Å²) in [6, 6.07) is 19.0. The van der Waals surface area contributed by atoms with Gasteiger partial charge in [-0.15, -0.1) is 0 Å². The van der Waals surface area contributed by atoms with E-state index in [1.807, 2.05) is 85.0 Å². The van der Waals surface area contributed by atoms with Crippen molar-refractivity contribution in [1.29, 1.82) is 0 Å². The van der Waals surface area contributed by atoms with Gasteiger partial charge in [-0.1, -0.05) is 96.3 Å². The Labute approximate surface area is 196 Å². The maximum absolute atomic E-state index is 13.4. The molecule has 0 saturated carbocycles. The molecule has 0 bridgehead atoms. The highest BCUT2D eigenvalue weighted by atomic mass is 32.1. The average molecular weight is 457 g/mol. The number of rotatable bonds is 6. The number of ether oxygens (including phenoxy) is 1. The van der Waals surface area contributed by atoms with Crippen LogP contribution in [-0.2, 0) is 9.53 Å². The van der Waals surface area contributed by atoms with Crippen LogP contribution in [0.3, 0.4) is 0 Å². The number of thiazole rings is 1. The van der Waals surface area contributed by atoms with Gasteiger partial charge in [0.15, 0.2) is 4.80 Å². The number of hydrogen-bond acceptors (Lipinski definition) is 5. The Hall–Kier alpha value is -3.77. The summed E-state index contributed by atoms with van der Waals surface area (Å²) in [6.07, 6.45) is 9.37. The van der Waals surface area contributed by atoms with Crippen molar-refractivity contribution in [3.8, 4) is 0 Å². The van der Waals surface area contributed by atoms with Gasteiger partial charge in [-0.25, -0.2) is 9.79 Å². The summed E-state index contributed by atoms with van der Waals surface area (Å²) in [5.41, 5.74) is 2.77. The van der Waals surface area contributed by atoms with Crippen LogP contribution in [0, 0.1) is 0 Å². The molecule has 4 rings (SSSR count). The zero-order valence-electron chi connectivity index (χ0n) is 18.5. The number of esters is 1. The van der Waals surface area contributed by atoms with Gasteiger partial charge in [0, 0.05) is 0 Å². The number of nitrogens with zero attached hydrogens (tertiary/aromatic N) is 2. The zero-order chi connectivity index (χ0) is 23.2. The van der Waals surface area contributed by atoms with Crippen molar-refractivity contribution in [3.63, 3.8) is 0 Å². The molecule has 6 heteroatoms. The van der Waals surface area contributed by atoms with Gasteiger partial charge in [0.25, 0.3) is 5.56 Å². The van der Waals surface area contributed by atoms with Crippen molar-refractivity contribution in [1.82, 2.24) is 4.57 Å². The minimum atomic E-state index is -0.597. The molecule has 1 unspecified atom stereocenters. The van der Waals surface area contributed by atoms with Crippen LogP contribution in [0.5, 0.6) is 0 Å². The maximum Gasteiger partial charge on any atom is 0.338 e. The molecule has 1 atom stereocenters. The van der Waals surface area contributed by atoms with Crippen molar-refractivity contribution < 1.29 is 9.53 Å². The van der Waals surface area contributed by atoms with Crippen LogP contribution >= 0.6 is 11.3 Å². The van der Waals surface area contributed by atoms with E-state index in [0.717, 1.165) is 11.1 Å². The highest BCUT2D eigenvalue weighted by molar-refractivity contribution is 7.07. The van der Waals surface area contributed by atoms with Gasteiger partial charge in [0.1, 0.15) is 0 Å². The summed E-state index contributed by atoms with van der Waals surface area (Å²) in [7, 11) is 0. The standard InChI is InChI=1S/C27H24N2O3S/c1-3-32-26(31)24-19(2)28-27-29(22(24)18-17-21-13-8-5-9-14-21)25(30)23(33-27)16-10-15-20-11-6-4-7-12-20/h4-18,22H,3H2,1-2H3. The first-order chi connectivity index (χ1) is 16.1. The van der Waals surface area contributed by atoms with Crippen LogP contribution in [0.25, 0.3) is 18.2 Å². The predicted octanol–water partition coefficient (Wildman–Crippen LogP) is 4.13. The zero-order valence-corrected chi connectivity index (χ0v) is 19.3. The third-order valence-electron chi connectivity index (χ3n) is 5.17. The third kappa shape index (κ3) is 5.02. The number of carbonyl (C=O) groups is 1. The first-order valence-electron chi connectivity index (χ1n) is 10.7. The fourth-order valence-corrected chi connectivity index (χ4v) is 4.61. The minimum Gasteiger partial charge on any atom is -0.463 e. The molecule has 1 aliphatic heterocycles. The summed E-state index contributed by atoms with van der Waals surface area (Å²) < 4.78 is 7.42. The Bertz CT molecular complexity index is 1410. The molecular weight excluding hydrogens is 432 g/mol. The van der Waals surface area contributed by atoms with Crippen LogP contribution < -0.4 is 14.9 Å². The first kappa shape index (κ1) is 22.4. The van der Waals surface area contributed by atoms with Crippen LogP contribution in [0.2, 0.25) is 0 Å². The van der Waals surface area contributed by atoms with E-state index in [1.165, 1.54) is 11.3 Å². The number of allylic oxidation sites excluding steroid dienone is 3. The predicted molar refractivity (Wildman–Crippen MR) is 133 cm³/mol. The van der Waals surface area contributed by atoms with Crippen LogP contribution in [0.1, 0.15) is 31.0 Å². The van der Waals surface area contributed by atoms with Gasteiger partial charge in [-0.2, -0.15) is 0 Å². The monoisotopic (exact) mass is 456 g/mol. The topological polar surface area (TPSA) is 60.7 Å². The Morgan fingerprint density at radius 1 is 1.06 bits per heavy atom. The number of aromatic nitrogens is 1. The highest BCUT2D eigenvalue weighted by Gasteiger charge is 2.30. The molecular formula is C27H24N2O3S. The number of carbonyl (C=O) groups excluding carboxylic acids is 1. The van der Waals surface area contributed by atoms with Gasteiger partial charge < -0.3 is 4.74 Å². The summed E-state index contributed by atoms with van der Waals surface area (Å²) in [6.45, 7) is 3.79. The smallest absolute Gasteiger partial charge is 0.338 e. The summed E-state index contributed by atoms with van der Waals surface area (Å²) in [4.78, 5) is 31.3. The first-order valence-corrected chi connectivity index (χ1v) is 11.5. The normalized spacial score (nSPS) is 16.3. The largest absolute Gasteiger partial charge is 0.463 e. The average Bonchev–Trinajstić information content (AvgIpc) is 3.13. The lowest BCUT2D eigenvalue weighted by Gasteiger charge is -2.21. The van der Waals surface area contributed by atoms with Crippen LogP contribution in [-0.4, -0.2) is 17.1 Å². The lowest BCUT2D eigenvalue weighted by atomic mass is 10.0. The van der Waals surface area contributed by atoms with Crippen LogP contribution in [0.15, 0.2) is 93.9 Å². The molecule has 1 aliphatic rings. The van der Waals surface area contributed by atoms with Gasteiger partial charge in [0.2, 0.25) is 0 Å². The van der Waals surface area contributed by atoms with Crippen LogP contribution in [0.4, 0.5) is 0 Å². The lowest BCUT2D eigenvalue weighted by Crippen LogP contribution is -2.38. The Kier molecular flexibility index (Phi) is 6.95. The number of hydrogen-bond donors (Lipinski definition) is 0. The Balaban J connectivity index is 1.79. The molecule has 0 fully saturated rings. The van der Waals surface area contributed by atoms with Crippen molar-refractivity contribution in [2.24, 2.45) is 4.99 Å². The number of benzene rings is 2. The van der Waals surface area contributed by atoms with Gasteiger partial charge in [-0.3, -0.25) is 9.36 Å². The minimum absolute atomic E-state index is 0.187. The lowest BCUT2D eigenvalue weighted by molar-refractivity contribution is -0.139. The molecule has 3 aromatic rings. The molecule has 2 heterocycles. The molecule has 0 amide bonds. The molecule has 0 radical (unpaired) electrons. The fraction of sp³-hybridized carbons (Fsp3) is 0.148. The quantitative estimate of drug-likeness (QED) is 0.524. The van der Waals surface area contributed by atoms with E-state index in [2.05, 4.69) is 4.99 Å². The molecule has 1 aromatic heterocycles. The second kappa shape index (κ2) is 10.2. The van der Waals surface area contributed by atoms with E-state index in [0.29, 0.717) is 20.6 Å². The SMILES string of the molecule is CCOC(=O)C1=C(C)N=c2sc(=CC=Cc3ccccc3)c(=O)n2C1C=Cc1ccccc1. The maximum atomic E-state index is 13.4. The van der Waals surface area contributed by atoms with E-state index in [-0.39, 0.29) is 12.2 Å². The molecule has 0 N–H and O–H groups in total. The van der Waals surface area contributed by atoms with Gasteiger partial charge in [0.05, 0.1) is 28.5 Å². The van der Waals surface area contributed by atoms with Crippen molar-refractivity contribution in [2.75, 3.05) is 6.61 Å². The van der Waals surface area contributed by atoms with E-state index in [1.54, 1.807) is 24.5 Å². The molecule has 2 aromatic carbocycles. The van der Waals surface area contributed by atoms with Crippen molar-refractivity contribution in [2.45, 2.75) is 19.9 Å². The van der Waals surface area contributed by atoms with E-state index in [4.69, 9.17) is 4.74 Å². The summed E-state index contributed by atoms with van der Waals surface area (Å²) >= 11 is 1.31. The van der Waals surface area contributed by atoms with Gasteiger partial charge >= 0.3 is 5.97 Å². The van der Waals surface area contributed by atoms with Crippen molar-refractivity contribution in [3.05, 3.63) is 115 Å². The Morgan fingerprint density at radius 2 is 1.70 bits per heavy atom.